The number of nitro groups is 1. The van der Waals surface area contributed by atoms with Crippen LogP contribution in [0, 0.1) is 10.1 Å². The molecule has 0 unspecified atom stereocenters. The SMILES string of the molecule is O=C(O)CN(CC(=O)O)c1c(Cl)cc([N+](=O)[O-])cc1Cl. The number of nitrogens with zero attached hydrogens (tertiary/aromatic N) is 2. The summed E-state index contributed by atoms with van der Waals surface area (Å²) in [5, 5.41) is 27.7. The Kier molecular flexibility index (Phi) is 5.12. The minimum absolute atomic E-state index is 0.0799. The van der Waals surface area contributed by atoms with E-state index < -0.39 is 30.0 Å². The molecule has 0 aliphatic rings. The number of anilines is 1. The predicted octanol–water partition coefficient (Wildman–Crippen LogP) is 1.88. The molecule has 0 aliphatic heterocycles. The van der Waals surface area contributed by atoms with Crippen LogP contribution in [0.3, 0.4) is 0 Å². The first-order valence-corrected chi connectivity index (χ1v) is 5.80. The highest BCUT2D eigenvalue weighted by molar-refractivity contribution is 6.39. The maximum atomic E-state index is 10.7. The van der Waals surface area contributed by atoms with Gasteiger partial charge in [-0.3, -0.25) is 19.7 Å². The standard InChI is InChI=1S/C10H8Cl2N2O6/c11-6-1-5(14(19)20)2-7(12)10(6)13(3-8(15)16)4-9(17)18/h1-2H,3-4H2,(H,15,16)(H,17,18). The quantitative estimate of drug-likeness (QED) is 0.605. The molecule has 1 rings (SSSR count). The van der Waals surface area contributed by atoms with Crippen molar-refractivity contribution in [3.63, 3.8) is 0 Å². The van der Waals surface area contributed by atoms with Gasteiger partial charge in [-0.2, -0.15) is 0 Å². The van der Waals surface area contributed by atoms with Crippen LogP contribution in [0.5, 0.6) is 0 Å². The van der Waals surface area contributed by atoms with Gasteiger partial charge in [-0.05, 0) is 0 Å². The third kappa shape index (κ3) is 3.97. The minimum atomic E-state index is -1.29. The monoisotopic (exact) mass is 322 g/mol. The Labute approximate surface area is 122 Å². The van der Waals surface area contributed by atoms with Gasteiger partial charge >= 0.3 is 11.9 Å². The fraction of sp³-hybridized carbons (Fsp3) is 0.200. The highest BCUT2D eigenvalue weighted by Crippen LogP contribution is 2.37. The number of carboxylic acid groups (broad SMARTS) is 2. The van der Waals surface area contributed by atoms with Crippen molar-refractivity contribution in [2.45, 2.75) is 0 Å². The van der Waals surface area contributed by atoms with Crippen molar-refractivity contribution in [1.29, 1.82) is 0 Å². The Balaban J connectivity index is 3.28. The minimum Gasteiger partial charge on any atom is -0.480 e. The van der Waals surface area contributed by atoms with Crippen LogP contribution < -0.4 is 4.90 Å². The van der Waals surface area contributed by atoms with E-state index in [1.54, 1.807) is 0 Å². The number of non-ortho nitro benzene ring substituents is 1. The van der Waals surface area contributed by atoms with E-state index in [4.69, 9.17) is 33.4 Å². The second kappa shape index (κ2) is 6.40. The molecule has 0 saturated carbocycles. The van der Waals surface area contributed by atoms with Crippen LogP contribution in [-0.4, -0.2) is 40.2 Å². The Morgan fingerprint density at radius 1 is 1.15 bits per heavy atom. The topological polar surface area (TPSA) is 121 Å². The van der Waals surface area contributed by atoms with E-state index in [0.29, 0.717) is 0 Å². The summed E-state index contributed by atoms with van der Waals surface area (Å²) in [6.45, 7) is -1.33. The van der Waals surface area contributed by atoms with E-state index in [1.807, 2.05) is 0 Å². The Hall–Kier alpha value is -2.06. The van der Waals surface area contributed by atoms with Crippen molar-refractivity contribution in [2.24, 2.45) is 0 Å². The number of aliphatic carboxylic acids is 2. The van der Waals surface area contributed by atoms with Crippen molar-refractivity contribution in [3.8, 4) is 0 Å². The van der Waals surface area contributed by atoms with Crippen LogP contribution in [0.25, 0.3) is 0 Å². The first-order chi connectivity index (χ1) is 9.22. The molecule has 1 aromatic rings. The molecule has 0 aliphatic carbocycles. The molecule has 0 fully saturated rings. The summed E-state index contributed by atoms with van der Waals surface area (Å²) in [6.07, 6.45) is 0. The summed E-state index contributed by atoms with van der Waals surface area (Å²) in [4.78, 5) is 32.3. The number of carbonyl (C=O) groups is 2. The van der Waals surface area contributed by atoms with E-state index in [0.717, 1.165) is 17.0 Å². The molecule has 2 N–H and O–H groups in total. The van der Waals surface area contributed by atoms with E-state index in [2.05, 4.69) is 0 Å². The number of halogens is 2. The van der Waals surface area contributed by atoms with Gasteiger partial charge in [0, 0.05) is 12.1 Å². The highest BCUT2D eigenvalue weighted by atomic mass is 35.5. The van der Waals surface area contributed by atoms with Gasteiger partial charge in [0.15, 0.2) is 0 Å². The average molecular weight is 323 g/mol. The van der Waals surface area contributed by atoms with Crippen molar-refractivity contribution in [1.82, 2.24) is 0 Å². The van der Waals surface area contributed by atoms with E-state index in [9.17, 15) is 19.7 Å². The number of hydrogen-bond donors (Lipinski definition) is 2. The lowest BCUT2D eigenvalue weighted by atomic mass is 10.2. The summed E-state index contributed by atoms with van der Waals surface area (Å²) in [7, 11) is 0. The average Bonchev–Trinajstić information content (AvgIpc) is 2.25. The molecule has 0 spiro atoms. The molecular weight excluding hydrogens is 315 g/mol. The van der Waals surface area contributed by atoms with Gasteiger partial charge < -0.3 is 15.1 Å². The van der Waals surface area contributed by atoms with Gasteiger partial charge in [0.05, 0.1) is 20.7 Å². The van der Waals surface area contributed by atoms with Crippen LogP contribution in [0.15, 0.2) is 12.1 Å². The maximum Gasteiger partial charge on any atom is 0.323 e. The molecule has 20 heavy (non-hydrogen) atoms. The lowest BCUT2D eigenvalue weighted by molar-refractivity contribution is -0.384. The van der Waals surface area contributed by atoms with Crippen LogP contribution >= 0.6 is 23.2 Å². The lowest BCUT2D eigenvalue weighted by Gasteiger charge is -2.22. The maximum absolute atomic E-state index is 10.7. The Morgan fingerprint density at radius 2 is 1.55 bits per heavy atom. The molecule has 0 atom stereocenters. The Bertz CT molecular complexity index is 538. The number of nitro benzene ring substituents is 1. The van der Waals surface area contributed by atoms with Crippen LogP contribution in [0.2, 0.25) is 10.0 Å². The number of hydrogen-bond acceptors (Lipinski definition) is 5. The second-order valence-corrected chi connectivity index (χ2v) is 4.47. The Morgan fingerprint density at radius 3 is 1.85 bits per heavy atom. The summed E-state index contributed by atoms with van der Waals surface area (Å²) in [5.74, 6) is -2.59. The smallest absolute Gasteiger partial charge is 0.323 e. The predicted molar refractivity (Wildman–Crippen MR) is 70.6 cm³/mol. The van der Waals surface area contributed by atoms with E-state index in [1.165, 1.54) is 0 Å². The van der Waals surface area contributed by atoms with Gasteiger partial charge in [0.1, 0.15) is 13.1 Å². The van der Waals surface area contributed by atoms with Crippen molar-refractivity contribution in [3.05, 3.63) is 32.3 Å². The third-order valence-electron chi connectivity index (χ3n) is 2.18. The van der Waals surface area contributed by atoms with E-state index in [-0.39, 0.29) is 21.4 Å². The van der Waals surface area contributed by atoms with Crippen molar-refractivity contribution < 1.29 is 24.7 Å². The first-order valence-electron chi connectivity index (χ1n) is 5.04. The molecule has 0 radical (unpaired) electrons. The van der Waals surface area contributed by atoms with Gasteiger partial charge in [-0.1, -0.05) is 23.2 Å². The van der Waals surface area contributed by atoms with Gasteiger partial charge in [-0.25, -0.2) is 0 Å². The number of carboxylic acids is 2. The molecule has 0 bridgehead atoms. The van der Waals surface area contributed by atoms with E-state index >= 15 is 0 Å². The summed E-state index contributed by atoms with van der Waals surface area (Å²) in [6, 6.07) is 1.94. The molecule has 8 nitrogen and oxygen atoms in total. The summed E-state index contributed by atoms with van der Waals surface area (Å²) < 4.78 is 0. The molecule has 108 valence electrons. The molecule has 0 heterocycles. The highest BCUT2D eigenvalue weighted by Gasteiger charge is 2.22. The van der Waals surface area contributed by atoms with Gasteiger partial charge in [0.2, 0.25) is 0 Å². The van der Waals surface area contributed by atoms with Crippen LogP contribution in [0.1, 0.15) is 0 Å². The zero-order valence-corrected chi connectivity index (χ0v) is 11.3. The van der Waals surface area contributed by atoms with Gasteiger partial charge in [-0.15, -0.1) is 0 Å². The normalized spacial score (nSPS) is 10.1. The number of rotatable bonds is 6. The lowest BCUT2D eigenvalue weighted by Crippen LogP contribution is -2.34. The zero-order valence-electron chi connectivity index (χ0n) is 9.75. The fourth-order valence-corrected chi connectivity index (χ4v) is 2.21. The van der Waals surface area contributed by atoms with Crippen LogP contribution in [-0.2, 0) is 9.59 Å². The molecule has 10 heteroatoms. The second-order valence-electron chi connectivity index (χ2n) is 3.66. The largest absolute Gasteiger partial charge is 0.480 e. The molecule has 0 saturated heterocycles. The first kappa shape index (κ1) is 16.0. The molecule has 0 aromatic heterocycles. The van der Waals surface area contributed by atoms with Crippen LogP contribution in [0.4, 0.5) is 11.4 Å². The summed E-state index contributed by atoms with van der Waals surface area (Å²) in [5.41, 5.74) is -0.460. The molecular formula is C10H8Cl2N2O6. The number of benzene rings is 1. The zero-order chi connectivity index (χ0) is 15.4. The molecule has 0 amide bonds. The molecule has 1 aromatic carbocycles. The van der Waals surface area contributed by atoms with Gasteiger partial charge in [0.25, 0.3) is 5.69 Å². The van der Waals surface area contributed by atoms with Crippen molar-refractivity contribution >= 4 is 46.5 Å². The summed E-state index contributed by atoms with van der Waals surface area (Å²) >= 11 is 11.6. The van der Waals surface area contributed by atoms with Crippen molar-refractivity contribution in [2.75, 3.05) is 18.0 Å². The third-order valence-corrected chi connectivity index (χ3v) is 2.76. The fourth-order valence-electron chi connectivity index (χ4n) is 1.50.